The highest BCUT2D eigenvalue weighted by Gasteiger charge is 2.64. The normalized spacial score (nSPS) is 29.1. The number of nitrogens with two attached hydrogens (primary N) is 1. The van der Waals surface area contributed by atoms with Gasteiger partial charge in [0.25, 0.3) is 5.91 Å². The standard InChI is InChI=1S/C23H27N3O7/c1-25(2)12-5-6-13(27)15-10(12)7-9-8-11-17(26(3)4)19(29)16(22(24)32)21(31)23(11,33)20(30)14(9)18(15)28/h5-6,9,11,17,27-28,31,33H,7-8H2,1-4H3,(H2,24,32)/t9?,11?,17-,23+/m1/s1. The van der Waals surface area contributed by atoms with Gasteiger partial charge >= 0.3 is 0 Å². The second-order valence-corrected chi connectivity index (χ2v) is 9.31. The summed E-state index contributed by atoms with van der Waals surface area (Å²) in [6.45, 7) is 0. The van der Waals surface area contributed by atoms with Crippen LogP contribution in [0.2, 0.25) is 0 Å². The smallest absolute Gasteiger partial charge is 0.255 e. The number of anilines is 1. The van der Waals surface area contributed by atoms with Crippen LogP contribution in [0.15, 0.2) is 29.0 Å². The lowest BCUT2D eigenvalue weighted by Crippen LogP contribution is -2.65. The Hall–Kier alpha value is -3.37. The van der Waals surface area contributed by atoms with Crippen LogP contribution in [-0.4, -0.2) is 82.6 Å². The van der Waals surface area contributed by atoms with Crippen LogP contribution in [0, 0.1) is 11.8 Å². The first-order valence-corrected chi connectivity index (χ1v) is 10.5. The highest BCUT2D eigenvalue weighted by atomic mass is 16.3. The Morgan fingerprint density at radius 3 is 2.30 bits per heavy atom. The molecule has 6 N–H and O–H groups in total. The Morgan fingerprint density at radius 2 is 1.76 bits per heavy atom. The van der Waals surface area contributed by atoms with E-state index in [-0.39, 0.29) is 29.7 Å². The van der Waals surface area contributed by atoms with Gasteiger partial charge < -0.3 is 31.1 Å². The molecule has 33 heavy (non-hydrogen) atoms. The number of hydrogen-bond acceptors (Lipinski definition) is 9. The molecule has 1 fully saturated rings. The molecule has 0 aromatic heterocycles. The van der Waals surface area contributed by atoms with Crippen molar-refractivity contribution in [3.05, 3.63) is 40.2 Å². The van der Waals surface area contributed by atoms with Gasteiger partial charge in [-0.25, -0.2) is 0 Å². The second-order valence-electron chi connectivity index (χ2n) is 9.31. The third kappa shape index (κ3) is 2.90. The monoisotopic (exact) mass is 457 g/mol. The van der Waals surface area contributed by atoms with E-state index in [2.05, 4.69) is 0 Å². The van der Waals surface area contributed by atoms with Crippen LogP contribution < -0.4 is 10.6 Å². The van der Waals surface area contributed by atoms with Crippen molar-refractivity contribution in [3.63, 3.8) is 0 Å². The van der Waals surface area contributed by atoms with Gasteiger partial charge in [-0.05, 0) is 50.6 Å². The van der Waals surface area contributed by atoms with Crippen LogP contribution in [0.25, 0.3) is 5.76 Å². The molecule has 176 valence electrons. The molecule has 3 aliphatic carbocycles. The number of aromatic hydroxyl groups is 1. The van der Waals surface area contributed by atoms with Crippen LogP contribution in [0.1, 0.15) is 17.5 Å². The number of aliphatic hydroxyl groups is 3. The molecule has 0 spiro atoms. The number of primary amides is 1. The Balaban J connectivity index is 1.99. The maximum absolute atomic E-state index is 13.7. The minimum atomic E-state index is -2.63. The number of fused-ring (bicyclic) bond motifs is 3. The van der Waals surface area contributed by atoms with Gasteiger partial charge in [-0.2, -0.15) is 0 Å². The number of benzene rings is 1. The first-order valence-electron chi connectivity index (χ1n) is 10.5. The fraction of sp³-hybridized carbons (Fsp3) is 0.435. The molecular weight excluding hydrogens is 430 g/mol. The number of aliphatic hydroxyl groups excluding tert-OH is 2. The summed E-state index contributed by atoms with van der Waals surface area (Å²) in [6, 6.07) is 2.01. The average Bonchev–Trinajstić information content (AvgIpc) is 2.70. The number of carbonyl (C=O) groups excluding carboxylic acids is 3. The molecule has 10 nitrogen and oxygen atoms in total. The van der Waals surface area contributed by atoms with Crippen LogP contribution in [0.5, 0.6) is 5.75 Å². The molecule has 1 saturated carbocycles. The first-order chi connectivity index (χ1) is 15.3. The number of amides is 1. The van der Waals surface area contributed by atoms with Crippen LogP contribution in [0.4, 0.5) is 5.69 Å². The van der Waals surface area contributed by atoms with Gasteiger partial charge in [0.2, 0.25) is 5.78 Å². The van der Waals surface area contributed by atoms with Gasteiger partial charge in [-0.1, -0.05) is 0 Å². The van der Waals surface area contributed by atoms with Crippen LogP contribution in [-0.2, 0) is 20.8 Å². The number of nitrogens with zero attached hydrogens (tertiary/aromatic N) is 2. The molecule has 10 heteroatoms. The van der Waals surface area contributed by atoms with E-state index in [0.717, 1.165) is 5.69 Å². The van der Waals surface area contributed by atoms with Gasteiger partial charge in [-0.3, -0.25) is 19.3 Å². The number of Topliss-reactive ketones (excluding diaryl/α,β-unsaturated/α-hetero) is 2. The molecule has 1 amide bonds. The number of rotatable bonds is 3. The Kier molecular flexibility index (Phi) is 5.06. The largest absolute Gasteiger partial charge is 0.508 e. The average molecular weight is 457 g/mol. The summed E-state index contributed by atoms with van der Waals surface area (Å²) in [5.74, 6) is -6.54. The predicted molar refractivity (Wildman–Crippen MR) is 119 cm³/mol. The van der Waals surface area contributed by atoms with E-state index in [4.69, 9.17) is 5.73 Å². The maximum atomic E-state index is 13.7. The maximum Gasteiger partial charge on any atom is 0.255 e. The number of phenols is 1. The zero-order valence-corrected chi connectivity index (χ0v) is 18.8. The molecule has 0 aliphatic heterocycles. The molecule has 0 saturated heterocycles. The third-order valence-corrected chi connectivity index (χ3v) is 7.06. The van der Waals surface area contributed by atoms with E-state index in [9.17, 15) is 34.8 Å². The number of phenolic OH excluding ortho intramolecular Hbond substituents is 1. The number of hydrogen-bond donors (Lipinski definition) is 5. The zero-order chi connectivity index (χ0) is 24.6. The van der Waals surface area contributed by atoms with E-state index in [1.54, 1.807) is 20.2 Å². The van der Waals surface area contributed by atoms with Crippen molar-refractivity contribution >= 4 is 28.9 Å². The van der Waals surface area contributed by atoms with E-state index in [1.807, 2.05) is 19.0 Å². The van der Waals surface area contributed by atoms with E-state index in [1.165, 1.54) is 11.0 Å². The van der Waals surface area contributed by atoms with Crippen molar-refractivity contribution < 1.29 is 34.8 Å². The molecule has 0 heterocycles. The SMILES string of the molecule is CN(C)c1ccc(O)c2c1CC1CC3[C@@H](N(C)C)C(=O)C(C(N)=O)=C(O)[C@@]3(O)C(=O)C1=C2O. The van der Waals surface area contributed by atoms with Gasteiger partial charge in [0.05, 0.1) is 11.6 Å². The quantitative estimate of drug-likeness (QED) is 0.394. The van der Waals surface area contributed by atoms with Crippen molar-refractivity contribution in [2.24, 2.45) is 17.6 Å². The van der Waals surface area contributed by atoms with Crippen LogP contribution >= 0.6 is 0 Å². The summed E-state index contributed by atoms with van der Waals surface area (Å²) >= 11 is 0. The number of likely N-dealkylation sites (N-methyl/N-ethyl adjacent to an activating group) is 1. The van der Waals surface area contributed by atoms with Crippen molar-refractivity contribution in [3.8, 4) is 5.75 Å². The lowest BCUT2D eigenvalue weighted by molar-refractivity contribution is -0.153. The fourth-order valence-corrected chi connectivity index (χ4v) is 5.65. The molecule has 4 rings (SSSR count). The van der Waals surface area contributed by atoms with E-state index in [0.29, 0.717) is 5.56 Å². The Labute approximate surface area is 190 Å². The lowest BCUT2D eigenvalue weighted by Gasteiger charge is -2.50. The predicted octanol–water partition coefficient (Wildman–Crippen LogP) is 0.0300. The summed E-state index contributed by atoms with van der Waals surface area (Å²) in [6.07, 6.45) is 0.324. The summed E-state index contributed by atoms with van der Waals surface area (Å²) < 4.78 is 0. The van der Waals surface area contributed by atoms with Gasteiger partial charge in [0.1, 0.15) is 22.8 Å². The van der Waals surface area contributed by atoms with Gasteiger partial charge in [0.15, 0.2) is 11.4 Å². The van der Waals surface area contributed by atoms with E-state index >= 15 is 0 Å². The molecule has 3 aliphatic rings. The van der Waals surface area contributed by atoms with Crippen LogP contribution in [0.3, 0.4) is 0 Å². The zero-order valence-electron chi connectivity index (χ0n) is 18.8. The Bertz CT molecular complexity index is 1170. The summed E-state index contributed by atoms with van der Waals surface area (Å²) in [5.41, 5.74) is 3.15. The highest BCUT2D eigenvalue weighted by Crippen LogP contribution is 2.53. The molecular formula is C23H27N3O7. The Morgan fingerprint density at radius 1 is 1.12 bits per heavy atom. The fourth-order valence-electron chi connectivity index (χ4n) is 5.65. The minimum Gasteiger partial charge on any atom is -0.508 e. The molecule has 1 aromatic carbocycles. The van der Waals surface area contributed by atoms with Gasteiger partial charge in [0, 0.05) is 31.3 Å². The van der Waals surface area contributed by atoms with Crippen molar-refractivity contribution in [2.75, 3.05) is 33.1 Å². The summed E-state index contributed by atoms with van der Waals surface area (Å²) in [7, 11) is 6.75. The summed E-state index contributed by atoms with van der Waals surface area (Å²) in [4.78, 5) is 42.0. The van der Waals surface area contributed by atoms with Crippen molar-refractivity contribution in [1.82, 2.24) is 4.90 Å². The second kappa shape index (κ2) is 7.32. The molecule has 1 aromatic rings. The molecule has 0 radical (unpaired) electrons. The minimum absolute atomic E-state index is 0.0638. The lowest BCUT2D eigenvalue weighted by atomic mass is 9.57. The molecule has 4 atom stereocenters. The molecule has 0 bridgehead atoms. The number of carbonyl (C=O) groups is 3. The third-order valence-electron chi connectivity index (χ3n) is 7.06. The van der Waals surface area contributed by atoms with E-state index < -0.39 is 58.0 Å². The topological polar surface area (TPSA) is 165 Å². The highest BCUT2D eigenvalue weighted by molar-refractivity contribution is 6.24. The van der Waals surface area contributed by atoms with Crippen molar-refractivity contribution in [1.29, 1.82) is 0 Å². The molecule has 2 unspecified atom stereocenters. The summed E-state index contributed by atoms with van der Waals surface area (Å²) in [5, 5.41) is 43.9. The van der Waals surface area contributed by atoms with Crippen molar-refractivity contribution in [2.45, 2.75) is 24.5 Å². The number of ketones is 2. The first kappa shape index (κ1) is 22.8. The van der Waals surface area contributed by atoms with Gasteiger partial charge in [-0.15, -0.1) is 0 Å².